The van der Waals surface area contributed by atoms with Crippen molar-refractivity contribution in [2.75, 3.05) is 41.0 Å². The summed E-state index contributed by atoms with van der Waals surface area (Å²) in [4.78, 5) is 2.34. The van der Waals surface area contributed by atoms with E-state index in [1.807, 2.05) is 12.1 Å². The van der Waals surface area contributed by atoms with Crippen LogP contribution in [0.25, 0.3) is 0 Å². The summed E-state index contributed by atoms with van der Waals surface area (Å²) in [7, 11) is 4.76. The van der Waals surface area contributed by atoms with Crippen molar-refractivity contribution in [3.63, 3.8) is 0 Å². The standard InChI is InChI=1S/C19H31NO5.ClH/c1-14-7-5-6-8-20(14)11-16(21)13-25-12-15-9-17(22-2)19(24-4)18(10-15)23-3;/h9-10,14,16,21H,5-8,11-13H2,1-4H3;1H. The third-order valence-electron chi connectivity index (χ3n) is 4.69. The number of methoxy groups -OCH3 is 3. The van der Waals surface area contributed by atoms with Gasteiger partial charge in [0.05, 0.1) is 40.6 Å². The Kier molecular flexibility index (Phi) is 10.1. The van der Waals surface area contributed by atoms with E-state index in [0.29, 0.717) is 43.0 Å². The molecule has 1 aromatic rings. The molecule has 26 heavy (non-hydrogen) atoms. The lowest BCUT2D eigenvalue weighted by molar-refractivity contribution is -0.00146. The van der Waals surface area contributed by atoms with Crippen LogP contribution in [0.5, 0.6) is 17.2 Å². The van der Waals surface area contributed by atoms with Gasteiger partial charge < -0.3 is 24.1 Å². The van der Waals surface area contributed by atoms with Gasteiger partial charge in [-0.05, 0) is 44.0 Å². The summed E-state index contributed by atoms with van der Waals surface area (Å²) < 4.78 is 21.7. The van der Waals surface area contributed by atoms with Crippen molar-refractivity contribution in [1.82, 2.24) is 4.90 Å². The van der Waals surface area contributed by atoms with Gasteiger partial charge in [-0.3, -0.25) is 4.90 Å². The molecule has 1 fully saturated rings. The van der Waals surface area contributed by atoms with Crippen LogP contribution in [0.2, 0.25) is 0 Å². The molecule has 2 rings (SSSR count). The fourth-order valence-electron chi connectivity index (χ4n) is 3.28. The smallest absolute Gasteiger partial charge is 0.203 e. The van der Waals surface area contributed by atoms with Crippen LogP contribution in [0.15, 0.2) is 12.1 Å². The molecule has 1 aliphatic heterocycles. The maximum atomic E-state index is 10.2. The monoisotopic (exact) mass is 389 g/mol. The molecule has 150 valence electrons. The Balaban J connectivity index is 0.00000338. The molecule has 1 N–H and O–H groups in total. The molecule has 6 nitrogen and oxygen atoms in total. The zero-order valence-corrected chi connectivity index (χ0v) is 17.0. The number of rotatable bonds is 9. The lowest BCUT2D eigenvalue weighted by Gasteiger charge is -2.34. The van der Waals surface area contributed by atoms with E-state index in [2.05, 4.69) is 11.8 Å². The molecule has 0 amide bonds. The number of likely N-dealkylation sites (tertiary alicyclic amines) is 1. The Hall–Kier alpha value is -1.21. The van der Waals surface area contributed by atoms with Gasteiger partial charge in [-0.25, -0.2) is 0 Å². The lowest BCUT2D eigenvalue weighted by atomic mass is 10.0. The van der Waals surface area contributed by atoms with Gasteiger partial charge >= 0.3 is 0 Å². The first-order valence-electron chi connectivity index (χ1n) is 8.87. The van der Waals surface area contributed by atoms with Crippen LogP contribution in [-0.2, 0) is 11.3 Å². The number of ether oxygens (including phenoxy) is 4. The number of aliphatic hydroxyl groups excluding tert-OH is 1. The van der Waals surface area contributed by atoms with Gasteiger partial charge in [0.25, 0.3) is 0 Å². The van der Waals surface area contributed by atoms with Crippen LogP contribution in [-0.4, -0.2) is 63.2 Å². The second kappa shape index (κ2) is 11.5. The number of aliphatic hydroxyl groups is 1. The number of benzene rings is 1. The van der Waals surface area contributed by atoms with Crippen LogP contribution in [0.1, 0.15) is 31.7 Å². The van der Waals surface area contributed by atoms with E-state index < -0.39 is 6.10 Å². The fourth-order valence-corrected chi connectivity index (χ4v) is 3.28. The molecule has 0 spiro atoms. The van der Waals surface area contributed by atoms with Crippen LogP contribution >= 0.6 is 12.4 Å². The number of halogens is 1. The quantitative estimate of drug-likeness (QED) is 0.700. The fraction of sp³-hybridized carbons (Fsp3) is 0.684. The van der Waals surface area contributed by atoms with Crippen LogP contribution in [0, 0.1) is 0 Å². The van der Waals surface area contributed by atoms with Crippen molar-refractivity contribution >= 4 is 12.4 Å². The van der Waals surface area contributed by atoms with Gasteiger partial charge in [-0.1, -0.05) is 6.42 Å². The summed E-state index contributed by atoms with van der Waals surface area (Å²) in [5.41, 5.74) is 0.910. The molecular formula is C19H32ClNO5. The van der Waals surface area contributed by atoms with Crippen LogP contribution in [0.3, 0.4) is 0 Å². The molecule has 1 heterocycles. The summed E-state index contributed by atoms with van der Waals surface area (Å²) in [6, 6.07) is 4.26. The average molecular weight is 390 g/mol. The Bertz CT molecular complexity index is 518. The van der Waals surface area contributed by atoms with Crippen molar-refractivity contribution in [1.29, 1.82) is 0 Å². The predicted molar refractivity (Wildman–Crippen MR) is 104 cm³/mol. The molecule has 0 bridgehead atoms. The maximum Gasteiger partial charge on any atom is 0.203 e. The highest BCUT2D eigenvalue weighted by atomic mass is 35.5. The van der Waals surface area contributed by atoms with Gasteiger partial charge in [0.1, 0.15) is 0 Å². The van der Waals surface area contributed by atoms with Gasteiger partial charge in [0.15, 0.2) is 11.5 Å². The average Bonchev–Trinajstić information content (AvgIpc) is 2.62. The van der Waals surface area contributed by atoms with Crippen molar-refractivity contribution in [2.45, 2.75) is 44.9 Å². The third kappa shape index (κ3) is 6.20. The first-order chi connectivity index (χ1) is 12.1. The van der Waals surface area contributed by atoms with E-state index in [-0.39, 0.29) is 12.4 Å². The molecular weight excluding hydrogens is 358 g/mol. The second-order valence-electron chi connectivity index (χ2n) is 6.54. The van der Waals surface area contributed by atoms with Crippen molar-refractivity contribution in [3.8, 4) is 17.2 Å². The minimum absolute atomic E-state index is 0. The summed E-state index contributed by atoms with van der Waals surface area (Å²) >= 11 is 0. The summed E-state index contributed by atoms with van der Waals surface area (Å²) in [5.74, 6) is 1.76. The van der Waals surface area contributed by atoms with Crippen LogP contribution < -0.4 is 14.2 Å². The number of piperidine rings is 1. The van der Waals surface area contributed by atoms with Gasteiger partial charge in [0.2, 0.25) is 5.75 Å². The summed E-state index contributed by atoms with van der Waals surface area (Å²) in [5, 5.41) is 10.2. The topological polar surface area (TPSA) is 60.4 Å². The molecule has 1 aliphatic rings. The number of β-amino-alcohol motifs (C(OH)–C–C–N with tert-alkyl or cyclic N) is 1. The van der Waals surface area contributed by atoms with E-state index in [1.54, 1.807) is 21.3 Å². The Morgan fingerprint density at radius 1 is 1.12 bits per heavy atom. The molecule has 0 radical (unpaired) electrons. The molecule has 0 aromatic heterocycles. The normalized spacial score (nSPS) is 18.7. The number of hydrogen-bond acceptors (Lipinski definition) is 6. The molecule has 0 saturated carbocycles. The molecule has 1 aromatic carbocycles. The summed E-state index contributed by atoms with van der Waals surface area (Å²) in [6.07, 6.45) is 3.22. The molecule has 2 unspecified atom stereocenters. The molecule has 1 saturated heterocycles. The zero-order valence-electron chi connectivity index (χ0n) is 16.2. The maximum absolute atomic E-state index is 10.2. The summed E-state index contributed by atoms with van der Waals surface area (Å²) in [6.45, 7) is 4.63. The van der Waals surface area contributed by atoms with Crippen molar-refractivity contribution < 1.29 is 24.1 Å². The van der Waals surface area contributed by atoms with Crippen LogP contribution in [0.4, 0.5) is 0 Å². The van der Waals surface area contributed by atoms with Gasteiger partial charge in [0, 0.05) is 12.6 Å². The predicted octanol–water partition coefficient (Wildman–Crippen LogP) is 2.89. The van der Waals surface area contributed by atoms with E-state index >= 15 is 0 Å². The molecule has 2 atom stereocenters. The largest absolute Gasteiger partial charge is 0.493 e. The van der Waals surface area contributed by atoms with Gasteiger partial charge in [-0.15, -0.1) is 12.4 Å². The van der Waals surface area contributed by atoms with Gasteiger partial charge in [-0.2, -0.15) is 0 Å². The van der Waals surface area contributed by atoms with E-state index in [4.69, 9.17) is 18.9 Å². The molecule has 7 heteroatoms. The SMILES string of the molecule is COc1cc(COCC(O)CN2CCCCC2C)cc(OC)c1OC.Cl. The highest BCUT2D eigenvalue weighted by Crippen LogP contribution is 2.38. The second-order valence-corrected chi connectivity index (χ2v) is 6.54. The first kappa shape index (κ1) is 22.8. The Labute approximate surface area is 162 Å². The minimum atomic E-state index is -0.484. The Morgan fingerprint density at radius 2 is 1.77 bits per heavy atom. The van der Waals surface area contributed by atoms with Crippen molar-refractivity contribution in [3.05, 3.63) is 17.7 Å². The van der Waals surface area contributed by atoms with E-state index in [1.165, 1.54) is 19.3 Å². The third-order valence-corrected chi connectivity index (χ3v) is 4.69. The minimum Gasteiger partial charge on any atom is -0.493 e. The van der Waals surface area contributed by atoms with Crippen molar-refractivity contribution in [2.24, 2.45) is 0 Å². The number of nitrogens with zero attached hydrogens (tertiary/aromatic N) is 1. The Morgan fingerprint density at radius 3 is 2.31 bits per heavy atom. The number of hydrogen-bond donors (Lipinski definition) is 1. The molecule has 0 aliphatic carbocycles. The zero-order chi connectivity index (χ0) is 18.2. The lowest BCUT2D eigenvalue weighted by Crippen LogP contribution is -2.43. The highest BCUT2D eigenvalue weighted by molar-refractivity contribution is 5.85. The first-order valence-corrected chi connectivity index (χ1v) is 8.87. The van der Waals surface area contributed by atoms with E-state index in [9.17, 15) is 5.11 Å². The van der Waals surface area contributed by atoms with E-state index in [0.717, 1.165) is 12.1 Å². The highest BCUT2D eigenvalue weighted by Gasteiger charge is 2.21.